The van der Waals surface area contributed by atoms with Gasteiger partial charge in [0.2, 0.25) is 9.84 Å². The lowest BCUT2D eigenvalue weighted by Crippen LogP contribution is -2.07. The number of rotatable bonds is 5. The molecule has 0 aliphatic rings. The van der Waals surface area contributed by atoms with Crippen LogP contribution in [0.15, 0.2) is 46.2 Å². The number of aryl methyl sites for hydroxylation is 1. The summed E-state index contributed by atoms with van der Waals surface area (Å²) < 4.78 is 41.4. The summed E-state index contributed by atoms with van der Waals surface area (Å²) in [4.78, 5) is 0.169. The van der Waals surface area contributed by atoms with E-state index in [0.717, 1.165) is 5.56 Å². The highest BCUT2D eigenvalue weighted by molar-refractivity contribution is 7.91. The first kappa shape index (κ1) is 16.2. The molecule has 0 amide bonds. The van der Waals surface area contributed by atoms with Crippen molar-refractivity contribution in [3.05, 3.63) is 42.0 Å². The molecule has 0 atom stereocenters. The molecule has 0 aliphatic carbocycles. The maximum atomic E-state index is 12.9. The van der Waals surface area contributed by atoms with Crippen LogP contribution in [0.4, 0.5) is 0 Å². The van der Waals surface area contributed by atoms with Gasteiger partial charge in [0.15, 0.2) is 4.90 Å². The van der Waals surface area contributed by atoms with Crippen LogP contribution in [0.1, 0.15) is 5.56 Å². The maximum Gasteiger partial charge on any atom is 0.213 e. The van der Waals surface area contributed by atoms with Gasteiger partial charge in [-0.25, -0.2) is 8.42 Å². The largest absolute Gasteiger partial charge is 0.496 e. The minimum absolute atomic E-state index is 0.0119. The van der Waals surface area contributed by atoms with Gasteiger partial charge < -0.3 is 14.2 Å². The Kier molecular flexibility index (Phi) is 4.61. The summed E-state index contributed by atoms with van der Waals surface area (Å²) in [5.41, 5.74) is 0.979. The Morgan fingerprint density at radius 3 is 1.73 bits per heavy atom. The van der Waals surface area contributed by atoms with E-state index in [-0.39, 0.29) is 21.3 Å². The fraction of sp³-hybridized carbons (Fsp3) is 0.250. The lowest BCUT2D eigenvalue weighted by Gasteiger charge is -2.15. The highest BCUT2D eigenvalue weighted by atomic mass is 32.2. The first-order chi connectivity index (χ1) is 10.4. The van der Waals surface area contributed by atoms with Gasteiger partial charge in [-0.05, 0) is 19.1 Å². The van der Waals surface area contributed by atoms with E-state index in [1.165, 1.54) is 33.5 Å². The summed E-state index contributed by atoms with van der Waals surface area (Å²) >= 11 is 0. The molecule has 0 saturated heterocycles. The van der Waals surface area contributed by atoms with Crippen molar-refractivity contribution in [3.8, 4) is 17.2 Å². The summed E-state index contributed by atoms with van der Waals surface area (Å²) in [5, 5.41) is 0. The Morgan fingerprint density at radius 1 is 0.818 bits per heavy atom. The van der Waals surface area contributed by atoms with Gasteiger partial charge in [0.1, 0.15) is 17.2 Å². The monoisotopic (exact) mass is 322 g/mol. The molecule has 6 heteroatoms. The van der Waals surface area contributed by atoms with Crippen LogP contribution in [0.25, 0.3) is 0 Å². The number of benzene rings is 2. The molecular weight excluding hydrogens is 304 g/mol. The predicted molar refractivity (Wildman–Crippen MR) is 82.7 cm³/mol. The van der Waals surface area contributed by atoms with Crippen LogP contribution in [0.2, 0.25) is 0 Å². The van der Waals surface area contributed by atoms with Crippen LogP contribution in [-0.2, 0) is 9.84 Å². The molecule has 118 valence electrons. The van der Waals surface area contributed by atoms with Gasteiger partial charge in [-0.15, -0.1) is 0 Å². The van der Waals surface area contributed by atoms with E-state index in [1.807, 2.05) is 6.92 Å². The Morgan fingerprint density at radius 2 is 1.32 bits per heavy atom. The van der Waals surface area contributed by atoms with Gasteiger partial charge in [-0.2, -0.15) is 0 Å². The average Bonchev–Trinajstić information content (AvgIpc) is 2.53. The van der Waals surface area contributed by atoms with E-state index in [9.17, 15) is 8.42 Å². The summed E-state index contributed by atoms with van der Waals surface area (Å²) in [7, 11) is 0.527. The van der Waals surface area contributed by atoms with Gasteiger partial charge in [0.05, 0.1) is 26.2 Å². The molecule has 0 aliphatic heterocycles. The lowest BCUT2D eigenvalue weighted by atomic mass is 10.2. The minimum Gasteiger partial charge on any atom is -0.496 e. The molecule has 0 fully saturated rings. The Labute approximate surface area is 130 Å². The van der Waals surface area contributed by atoms with Crippen molar-refractivity contribution in [3.63, 3.8) is 0 Å². The average molecular weight is 322 g/mol. The van der Waals surface area contributed by atoms with E-state index in [4.69, 9.17) is 14.2 Å². The number of ether oxygens (including phenoxy) is 3. The summed E-state index contributed by atoms with van der Waals surface area (Å²) in [6.07, 6.45) is 0. The Hall–Kier alpha value is -2.21. The molecule has 5 nitrogen and oxygen atoms in total. The molecule has 2 aromatic carbocycles. The lowest BCUT2D eigenvalue weighted by molar-refractivity contribution is 0.359. The van der Waals surface area contributed by atoms with E-state index in [2.05, 4.69) is 0 Å². The summed E-state index contributed by atoms with van der Waals surface area (Å²) in [6.45, 7) is 1.89. The van der Waals surface area contributed by atoms with Crippen LogP contribution < -0.4 is 14.2 Å². The highest BCUT2D eigenvalue weighted by Crippen LogP contribution is 2.40. The smallest absolute Gasteiger partial charge is 0.213 e. The molecule has 2 aromatic rings. The Balaban J connectivity index is 2.71. The fourth-order valence-corrected chi connectivity index (χ4v) is 3.62. The van der Waals surface area contributed by atoms with Gasteiger partial charge in [-0.3, -0.25) is 0 Å². The topological polar surface area (TPSA) is 61.8 Å². The van der Waals surface area contributed by atoms with Gasteiger partial charge in [-0.1, -0.05) is 17.7 Å². The van der Waals surface area contributed by atoms with Gasteiger partial charge in [0.25, 0.3) is 0 Å². The third-order valence-electron chi connectivity index (χ3n) is 3.27. The first-order valence-corrected chi connectivity index (χ1v) is 8.04. The molecule has 0 aromatic heterocycles. The fourth-order valence-electron chi connectivity index (χ4n) is 2.07. The Bertz CT molecular complexity index is 739. The molecule has 0 radical (unpaired) electrons. The molecule has 2 rings (SSSR count). The zero-order chi connectivity index (χ0) is 16.3. The minimum atomic E-state index is -3.77. The van der Waals surface area contributed by atoms with Crippen molar-refractivity contribution in [1.82, 2.24) is 0 Å². The van der Waals surface area contributed by atoms with Crippen molar-refractivity contribution < 1.29 is 22.6 Å². The first-order valence-electron chi connectivity index (χ1n) is 6.55. The van der Waals surface area contributed by atoms with Crippen LogP contribution in [0.5, 0.6) is 17.2 Å². The third kappa shape index (κ3) is 2.87. The van der Waals surface area contributed by atoms with Crippen molar-refractivity contribution >= 4 is 9.84 Å². The van der Waals surface area contributed by atoms with Crippen LogP contribution in [0.3, 0.4) is 0 Å². The van der Waals surface area contributed by atoms with E-state index >= 15 is 0 Å². The van der Waals surface area contributed by atoms with Crippen LogP contribution >= 0.6 is 0 Å². The van der Waals surface area contributed by atoms with E-state index < -0.39 is 9.84 Å². The highest BCUT2D eigenvalue weighted by Gasteiger charge is 2.28. The second kappa shape index (κ2) is 6.27. The molecule has 0 bridgehead atoms. The molecule has 22 heavy (non-hydrogen) atoms. The second-order valence-electron chi connectivity index (χ2n) is 4.68. The van der Waals surface area contributed by atoms with Gasteiger partial charge >= 0.3 is 0 Å². The SMILES string of the molecule is COc1cc(OC)c(S(=O)(=O)c2ccc(C)cc2)c(OC)c1. The quantitative estimate of drug-likeness (QED) is 0.847. The summed E-state index contributed by atoms with van der Waals surface area (Å²) in [6, 6.07) is 9.65. The van der Waals surface area contributed by atoms with Crippen molar-refractivity contribution in [2.75, 3.05) is 21.3 Å². The van der Waals surface area contributed by atoms with Crippen molar-refractivity contribution in [1.29, 1.82) is 0 Å². The van der Waals surface area contributed by atoms with E-state index in [0.29, 0.717) is 5.75 Å². The number of methoxy groups -OCH3 is 3. The number of hydrogen-bond acceptors (Lipinski definition) is 5. The predicted octanol–water partition coefficient (Wildman–Crippen LogP) is 2.85. The molecule has 0 spiro atoms. The van der Waals surface area contributed by atoms with Crippen molar-refractivity contribution in [2.45, 2.75) is 16.7 Å². The number of sulfone groups is 1. The summed E-state index contributed by atoms with van der Waals surface area (Å²) in [5.74, 6) is 0.810. The standard InChI is InChI=1S/C16H18O5S/c1-11-5-7-13(8-6-11)22(17,18)16-14(20-3)9-12(19-2)10-15(16)21-4/h5-10H,1-4H3. The zero-order valence-electron chi connectivity index (χ0n) is 12.9. The van der Waals surface area contributed by atoms with E-state index in [1.54, 1.807) is 24.3 Å². The van der Waals surface area contributed by atoms with Gasteiger partial charge in [0, 0.05) is 12.1 Å². The van der Waals surface area contributed by atoms with Crippen LogP contribution in [-0.4, -0.2) is 29.7 Å². The molecular formula is C16H18O5S. The molecule has 0 N–H and O–H groups in total. The third-order valence-corrected chi connectivity index (χ3v) is 5.10. The van der Waals surface area contributed by atoms with Crippen molar-refractivity contribution in [2.24, 2.45) is 0 Å². The number of hydrogen-bond donors (Lipinski definition) is 0. The molecule has 0 heterocycles. The second-order valence-corrected chi connectivity index (χ2v) is 6.56. The molecule has 0 saturated carbocycles. The van der Waals surface area contributed by atoms with Crippen LogP contribution in [0, 0.1) is 6.92 Å². The normalized spacial score (nSPS) is 11.1. The molecule has 0 unspecified atom stereocenters. The zero-order valence-corrected chi connectivity index (χ0v) is 13.7. The maximum absolute atomic E-state index is 12.9.